The number of hydrogen-bond acceptors (Lipinski definition) is 4. The Hall–Kier alpha value is -2.50. The Bertz CT molecular complexity index is 621. The number of aryl methyl sites for hydroxylation is 1. The Balaban J connectivity index is 1.58. The third-order valence-corrected chi connectivity index (χ3v) is 3.34. The number of fused-ring (bicyclic) bond motifs is 1. The maximum absolute atomic E-state index is 11.3. The van der Waals surface area contributed by atoms with Gasteiger partial charge in [0.2, 0.25) is 5.91 Å². The average molecular weight is 271 g/mol. The molecule has 0 atom stereocenters. The van der Waals surface area contributed by atoms with Gasteiger partial charge in [-0.05, 0) is 30.2 Å². The molecule has 1 amide bonds. The Kier molecular flexibility index (Phi) is 3.28. The normalized spacial score (nSPS) is 13.1. The van der Waals surface area contributed by atoms with Gasteiger partial charge in [-0.1, -0.05) is 0 Å². The highest BCUT2D eigenvalue weighted by molar-refractivity contribution is 6.00. The number of nitrogen functional groups attached to an aromatic ring is 1. The summed E-state index contributed by atoms with van der Waals surface area (Å²) in [5.41, 5.74) is 9.37. The molecule has 0 bridgehead atoms. The molecule has 1 aromatic heterocycles. The lowest BCUT2D eigenvalue weighted by Crippen LogP contribution is -2.08. The quantitative estimate of drug-likeness (QED) is 0.568. The van der Waals surface area contributed by atoms with E-state index in [9.17, 15) is 4.79 Å². The van der Waals surface area contributed by atoms with E-state index in [1.807, 2.05) is 29.1 Å². The van der Waals surface area contributed by atoms with E-state index in [4.69, 9.17) is 5.73 Å². The SMILES string of the molecule is Nc1cc2c(cc1NCCCn1cccn1)NC(=O)C2. The summed E-state index contributed by atoms with van der Waals surface area (Å²) in [6.07, 6.45) is 5.08. The number of aromatic nitrogens is 2. The second-order valence-electron chi connectivity index (χ2n) is 4.87. The number of benzene rings is 1. The fourth-order valence-corrected chi connectivity index (χ4v) is 2.34. The van der Waals surface area contributed by atoms with Crippen LogP contribution < -0.4 is 16.4 Å². The summed E-state index contributed by atoms with van der Waals surface area (Å²) in [6.45, 7) is 1.67. The summed E-state index contributed by atoms with van der Waals surface area (Å²) in [6, 6.07) is 5.68. The zero-order valence-electron chi connectivity index (χ0n) is 11.1. The minimum absolute atomic E-state index is 0.0234. The van der Waals surface area contributed by atoms with Crippen LogP contribution in [0.4, 0.5) is 17.1 Å². The molecule has 1 aromatic carbocycles. The van der Waals surface area contributed by atoms with Gasteiger partial charge in [-0.25, -0.2) is 0 Å². The van der Waals surface area contributed by atoms with E-state index in [2.05, 4.69) is 15.7 Å². The number of nitrogens with two attached hydrogens (primary N) is 1. The first-order valence-electron chi connectivity index (χ1n) is 6.66. The molecule has 1 aliphatic rings. The molecule has 4 N–H and O–H groups in total. The van der Waals surface area contributed by atoms with Crippen LogP contribution in [-0.2, 0) is 17.8 Å². The lowest BCUT2D eigenvalue weighted by molar-refractivity contribution is -0.115. The van der Waals surface area contributed by atoms with Crippen molar-refractivity contribution in [1.82, 2.24) is 9.78 Å². The van der Waals surface area contributed by atoms with Gasteiger partial charge < -0.3 is 16.4 Å². The molecule has 20 heavy (non-hydrogen) atoms. The van der Waals surface area contributed by atoms with Gasteiger partial charge in [0.25, 0.3) is 0 Å². The highest BCUT2D eigenvalue weighted by atomic mass is 16.1. The van der Waals surface area contributed by atoms with Crippen molar-refractivity contribution in [3.63, 3.8) is 0 Å². The number of amides is 1. The van der Waals surface area contributed by atoms with Crippen molar-refractivity contribution < 1.29 is 4.79 Å². The van der Waals surface area contributed by atoms with Crippen LogP contribution in [-0.4, -0.2) is 22.2 Å². The lowest BCUT2D eigenvalue weighted by Gasteiger charge is -2.11. The average Bonchev–Trinajstić information content (AvgIpc) is 3.03. The summed E-state index contributed by atoms with van der Waals surface area (Å²) in [5.74, 6) is 0.0234. The maximum atomic E-state index is 11.3. The number of hydrogen-bond donors (Lipinski definition) is 3. The zero-order valence-corrected chi connectivity index (χ0v) is 11.1. The number of nitrogens with one attached hydrogen (secondary N) is 2. The van der Waals surface area contributed by atoms with Crippen LogP contribution in [0.15, 0.2) is 30.6 Å². The Morgan fingerprint density at radius 3 is 3.15 bits per heavy atom. The Labute approximate surface area is 117 Å². The topological polar surface area (TPSA) is 85.0 Å². The second kappa shape index (κ2) is 5.24. The Morgan fingerprint density at radius 2 is 2.35 bits per heavy atom. The summed E-state index contributed by atoms with van der Waals surface area (Å²) in [4.78, 5) is 11.3. The summed E-state index contributed by atoms with van der Waals surface area (Å²) in [7, 11) is 0. The van der Waals surface area contributed by atoms with Gasteiger partial charge in [0, 0.05) is 31.2 Å². The highest BCUT2D eigenvalue weighted by Crippen LogP contribution is 2.31. The van der Waals surface area contributed by atoms with Crippen LogP contribution in [0, 0.1) is 0 Å². The standard InChI is InChI=1S/C14H17N5O/c15-11-7-10-8-14(20)18-12(10)9-13(11)16-3-1-5-19-6-2-4-17-19/h2,4,6-7,9,16H,1,3,5,8,15H2,(H,18,20). The van der Waals surface area contributed by atoms with Crippen molar-refractivity contribution in [2.45, 2.75) is 19.4 Å². The predicted octanol–water partition coefficient (Wildman–Crippen LogP) is 1.46. The monoisotopic (exact) mass is 271 g/mol. The van der Waals surface area contributed by atoms with Gasteiger partial charge in [0.1, 0.15) is 0 Å². The minimum Gasteiger partial charge on any atom is -0.397 e. The van der Waals surface area contributed by atoms with Gasteiger partial charge >= 0.3 is 0 Å². The van der Waals surface area contributed by atoms with Crippen molar-refractivity contribution >= 4 is 23.0 Å². The fraction of sp³-hybridized carbons (Fsp3) is 0.286. The van der Waals surface area contributed by atoms with Crippen LogP contribution in [0.1, 0.15) is 12.0 Å². The molecule has 3 rings (SSSR count). The summed E-state index contributed by atoms with van der Waals surface area (Å²) in [5, 5.41) is 10.3. The van der Waals surface area contributed by atoms with Crippen LogP contribution in [0.2, 0.25) is 0 Å². The molecule has 104 valence electrons. The molecule has 0 aliphatic carbocycles. The van der Waals surface area contributed by atoms with Crippen molar-refractivity contribution in [3.05, 3.63) is 36.2 Å². The van der Waals surface area contributed by atoms with Crippen molar-refractivity contribution in [1.29, 1.82) is 0 Å². The smallest absolute Gasteiger partial charge is 0.228 e. The van der Waals surface area contributed by atoms with Crippen molar-refractivity contribution in [2.75, 3.05) is 22.9 Å². The molecular formula is C14H17N5O. The van der Waals surface area contributed by atoms with Crippen molar-refractivity contribution in [2.24, 2.45) is 0 Å². The van der Waals surface area contributed by atoms with Crippen LogP contribution >= 0.6 is 0 Å². The second-order valence-corrected chi connectivity index (χ2v) is 4.87. The number of carbonyl (C=O) groups is 1. The molecule has 2 aromatic rings. The van der Waals surface area contributed by atoms with Crippen LogP contribution in [0.25, 0.3) is 0 Å². The molecule has 6 heteroatoms. The summed E-state index contributed by atoms with van der Waals surface area (Å²) < 4.78 is 1.90. The molecule has 2 heterocycles. The van der Waals surface area contributed by atoms with E-state index in [-0.39, 0.29) is 5.91 Å². The number of rotatable bonds is 5. The third kappa shape index (κ3) is 2.59. The van der Waals surface area contributed by atoms with E-state index in [0.29, 0.717) is 12.1 Å². The number of nitrogens with zero attached hydrogens (tertiary/aromatic N) is 2. The maximum Gasteiger partial charge on any atom is 0.228 e. The molecule has 0 saturated carbocycles. The Morgan fingerprint density at radius 1 is 1.45 bits per heavy atom. The van der Waals surface area contributed by atoms with E-state index in [0.717, 1.165) is 36.4 Å². The van der Waals surface area contributed by atoms with E-state index in [1.54, 1.807) is 6.20 Å². The molecule has 6 nitrogen and oxygen atoms in total. The number of carbonyl (C=O) groups excluding carboxylic acids is 1. The number of anilines is 3. The van der Waals surface area contributed by atoms with Gasteiger partial charge in [-0.3, -0.25) is 9.48 Å². The predicted molar refractivity (Wildman–Crippen MR) is 78.5 cm³/mol. The van der Waals surface area contributed by atoms with E-state index < -0.39 is 0 Å². The zero-order chi connectivity index (χ0) is 13.9. The van der Waals surface area contributed by atoms with Crippen molar-refractivity contribution in [3.8, 4) is 0 Å². The molecule has 0 spiro atoms. The third-order valence-electron chi connectivity index (χ3n) is 3.34. The molecule has 0 unspecified atom stereocenters. The fourth-order valence-electron chi connectivity index (χ4n) is 2.34. The van der Waals surface area contributed by atoms with E-state index >= 15 is 0 Å². The molecule has 0 radical (unpaired) electrons. The molecule has 0 fully saturated rings. The largest absolute Gasteiger partial charge is 0.397 e. The van der Waals surface area contributed by atoms with Crippen LogP contribution in [0.3, 0.4) is 0 Å². The van der Waals surface area contributed by atoms with Crippen LogP contribution in [0.5, 0.6) is 0 Å². The van der Waals surface area contributed by atoms with Gasteiger partial charge in [-0.15, -0.1) is 0 Å². The van der Waals surface area contributed by atoms with Gasteiger partial charge in [-0.2, -0.15) is 5.10 Å². The molecule has 0 saturated heterocycles. The highest BCUT2D eigenvalue weighted by Gasteiger charge is 2.19. The first kappa shape index (κ1) is 12.5. The first-order valence-corrected chi connectivity index (χ1v) is 6.66. The van der Waals surface area contributed by atoms with Gasteiger partial charge in [0.05, 0.1) is 17.8 Å². The minimum atomic E-state index is 0.0234. The van der Waals surface area contributed by atoms with Gasteiger partial charge in [0.15, 0.2) is 0 Å². The summed E-state index contributed by atoms with van der Waals surface area (Å²) >= 11 is 0. The molecule has 1 aliphatic heterocycles. The molecular weight excluding hydrogens is 254 g/mol. The van der Waals surface area contributed by atoms with E-state index in [1.165, 1.54) is 0 Å². The lowest BCUT2D eigenvalue weighted by atomic mass is 10.1. The first-order chi connectivity index (χ1) is 9.72.